The van der Waals surface area contributed by atoms with Gasteiger partial charge in [-0.2, -0.15) is 0 Å². The van der Waals surface area contributed by atoms with Crippen LogP contribution in [0.4, 0.5) is 0 Å². The van der Waals surface area contributed by atoms with Gasteiger partial charge in [0.25, 0.3) is 0 Å². The van der Waals surface area contributed by atoms with Crippen molar-refractivity contribution in [2.75, 3.05) is 19.6 Å². The summed E-state index contributed by atoms with van der Waals surface area (Å²) in [6.45, 7) is 6.35. The maximum Gasteiger partial charge on any atom is 0.332 e. The number of nitrogens with zero attached hydrogens (tertiary/aromatic N) is 1. The monoisotopic (exact) mass is 361 g/mol. The number of carboxylic acids is 1. The summed E-state index contributed by atoms with van der Waals surface area (Å²) >= 11 is 0. The van der Waals surface area contributed by atoms with Gasteiger partial charge in [0.2, 0.25) is 0 Å². The minimum atomic E-state index is -0.914. The fourth-order valence-electron chi connectivity index (χ4n) is 3.94. The fraction of sp³-hybridized carbons (Fsp3) is 0.261. The Morgan fingerprint density at radius 1 is 1.04 bits per heavy atom. The van der Waals surface area contributed by atoms with E-state index in [0.29, 0.717) is 13.2 Å². The Hall–Kier alpha value is -2.85. The van der Waals surface area contributed by atoms with Crippen LogP contribution >= 0.6 is 0 Å². The highest BCUT2D eigenvalue weighted by molar-refractivity contribution is 5.87. The summed E-state index contributed by atoms with van der Waals surface area (Å²) in [5, 5.41) is 9.07. The molecule has 1 N–H and O–H groups in total. The maximum atomic E-state index is 11.0. The molecule has 4 heteroatoms. The highest BCUT2D eigenvalue weighted by Crippen LogP contribution is 2.40. The smallest absolute Gasteiger partial charge is 0.332 e. The van der Waals surface area contributed by atoms with Crippen LogP contribution < -0.4 is 4.74 Å². The predicted molar refractivity (Wildman–Crippen MR) is 106 cm³/mol. The molecule has 0 radical (unpaired) electrons. The highest BCUT2D eigenvalue weighted by atomic mass is 16.5. The van der Waals surface area contributed by atoms with Crippen molar-refractivity contribution in [3.63, 3.8) is 0 Å². The largest absolute Gasteiger partial charge is 0.488 e. The van der Waals surface area contributed by atoms with E-state index in [-0.39, 0.29) is 5.57 Å². The number of hydrogen-bond acceptors (Lipinski definition) is 3. The molecule has 2 aliphatic rings. The molecular weight excluding hydrogens is 338 g/mol. The van der Waals surface area contributed by atoms with Gasteiger partial charge in [-0.05, 0) is 35.6 Å². The van der Waals surface area contributed by atoms with Crippen LogP contribution in [0, 0.1) is 0 Å². The predicted octanol–water partition coefficient (Wildman–Crippen LogP) is 4.12. The van der Waals surface area contributed by atoms with E-state index < -0.39 is 5.97 Å². The molecule has 138 valence electrons. The lowest BCUT2D eigenvalue weighted by molar-refractivity contribution is -0.132. The zero-order chi connectivity index (χ0) is 18.8. The molecule has 0 amide bonds. The van der Waals surface area contributed by atoms with Crippen molar-refractivity contribution in [1.29, 1.82) is 0 Å². The average Bonchev–Trinajstić information content (AvgIpc) is 2.85. The second kappa shape index (κ2) is 7.41. The van der Waals surface area contributed by atoms with Crippen LogP contribution in [-0.2, 0) is 11.4 Å². The number of piperidine rings is 1. The van der Waals surface area contributed by atoms with Crippen LogP contribution in [0.3, 0.4) is 0 Å². The second-order valence-corrected chi connectivity index (χ2v) is 7.11. The molecule has 0 atom stereocenters. The molecule has 1 fully saturated rings. The molecule has 0 unspecified atom stereocenters. The molecule has 27 heavy (non-hydrogen) atoms. The van der Waals surface area contributed by atoms with Crippen LogP contribution in [0.5, 0.6) is 5.75 Å². The lowest BCUT2D eigenvalue weighted by Crippen LogP contribution is -2.33. The van der Waals surface area contributed by atoms with E-state index in [2.05, 4.69) is 47.9 Å². The van der Waals surface area contributed by atoms with E-state index in [1.54, 1.807) is 0 Å². The number of likely N-dealkylation sites (tertiary alicyclic amines) is 1. The first kappa shape index (κ1) is 17.6. The number of carboxylic acid groups (broad SMARTS) is 1. The third-order valence-corrected chi connectivity index (χ3v) is 5.36. The number of rotatable bonds is 3. The number of aliphatic carboxylic acids is 1. The molecule has 4 rings (SSSR count). The quantitative estimate of drug-likeness (QED) is 0.836. The zero-order valence-electron chi connectivity index (χ0n) is 15.3. The first-order valence-corrected chi connectivity index (χ1v) is 9.29. The molecule has 0 aromatic heterocycles. The molecule has 0 spiro atoms. The maximum absolute atomic E-state index is 11.0. The van der Waals surface area contributed by atoms with E-state index in [1.807, 2.05) is 12.1 Å². The topological polar surface area (TPSA) is 49.8 Å². The van der Waals surface area contributed by atoms with Gasteiger partial charge in [-0.1, -0.05) is 54.6 Å². The van der Waals surface area contributed by atoms with Gasteiger partial charge in [0.1, 0.15) is 12.4 Å². The van der Waals surface area contributed by atoms with Crippen molar-refractivity contribution in [1.82, 2.24) is 4.90 Å². The van der Waals surface area contributed by atoms with Crippen LogP contribution in [0.25, 0.3) is 5.57 Å². The molecule has 2 heterocycles. The van der Waals surface area contributed by atoms with Gasteiger partial charge in [-0.15, -0.1) is 0 Å². The van der Waals surface area contributed by atoms with E-state index in [0.717, 1.165) is 37.2 Å². The molecular formula is C23H23NO3. The van der Waals surface area contributed by atoms with Crippen molar-refractivity contribution < 1.29 is 14.6 Å². The first-order valence-electron chi connectivity index (χ1n) is 9.29. The van der Waals surface area contributed by atoms with Crippen LogP contribution in [0.2, 0.25) is 0 Å². The number of hydrogen-bond donors (Lipinski definition) is 1. The van der Waals surface area contributed by atoms with E-state index >= 15 is 0 Å². The summed E-state index contributed by atoms with van der Waals surface area (Å²) in [4.78, 5) is 13.2. The lowest BCUT2D eigenvalue weighted by atomic mass is 9.86. The third-order valence-electron chi connectivity index (χ3n) is 5.36. The Morgan fingerprint density at radius 3 is 2.44 bits per heavy atom. The van der Waals surface area contributed by atoms with Crippen molar-refractivity contribution in [3.05, 3.63) is 82.9 Å². The first-order chi connectivity index (χ1) is 13.1. The molecule has 2 aromatic rings. The Balaban J connectivity index is 1.69. The third kappa shape index (κ3) is 3.53. The zero-order valence-corrected chi connectivity index (χ0v) is 15.3. The normalized spacial score (nSPS) is 16.7. The van der Waals surface area contributed by atoms with E-state index in [9.17, 15) is 4.79 Å². The number of fused-ring (bicyclic) bond motifs is 2. The Kier molecular flexibility index (Phi) is 4.82. The highest BCUT2D eigenvalue weighted by Gasteiger charge is 2.25. The number of ether oxygens (including phenoxy) is 1. The molecule has 0 saturated carbocycles. The summed E-state index contributed by atoms with van der Waals surface area (Å²) in [7, 11) is 0. The van der Waals surface area contributed by atoms with Gasteiger partial charge in [0, 0.05) is 30.8 Å². The van der Waals surface area contributed by atoms with Crippen LogP contribution in [0.15, 0.2) is 66.3 Å². The minimum absolute atomic E-state index is 0.254. The molecule has 2 aliphatic heterocycles. The SMILES string of the molecule is C=C(CN1CCC(=C2c3ccccc3COc3ccccc32)CC1)C(=O)O. The molecule has 4 nitrogen and oxygen atoms in total. The van der Waals surface area contributed by atoms with Gasteiger partial charge >= 0.3 is 5.97 Å². The summed E-state index contributed by atoms with van der Waals surface area (Å²) in [5.74, 6) is 0.0146. The van der Waals surface area contributed by atoms with Crippen LogP contribution in [0.1, 0.15) is 29.5 Å². The number of benzene rings is 2. The Morgan fingerprint density at radius 2 is 1.70 bits per heavy atom. The van der Waals surface area contributed by atoms with Crippen molar-refractivity contribution >= 4 is 11.5 Å². The summed E-state index contributed by atoms with van der Waals surface area (Å²) < 4.78 is 6.07. The standard InChI is InChI=1S/C23H23NO3/c1-16(23(25)26)14-24-12-10-17(11-13-24)22-19-7-3-2-6-18(19)15-27-21-9-5-4-8-20(21)22/h2-9H,1,10-15H2,(H,25,26). The second-order valence-electron chi connectivity index (χ2n) is 7.11. The van der Waals surface area contributed by atoms with Gasteiger partial charge in [-0.3, -0.25) is 4.90 Å². The van der Waals surface area contributed by atoms with Crippen LogP contribution in [-0.4, -0.2) is 35.6 Å². The molecule has 0 bridgehead atoms. The summed E-state index contributed by atoms with van der Waals surface area (Å²) in [5.41, 5.74) is 6.57. The summed E-state index contributed by atoms with van der Waals surface area (Å²) in [6, 6.07) is 16.7. The number of carbonyl (C=O) groups is 1. The average molecular weight is 361 g/mol. The van der Waals surface area contributed by atoms with Crippen molar-refractivity contribution in [2.45, 2.75) is 19.4 Å². The van der Waals surface area contributed by atoms with Gasteiger partial charge < -0.3 is 9.84 Å². The lowest BCUT2D eigenvalue weighted by Gasteiger charge is -2.30. The van der Waals surface area contributed by atoms with Gasteiger partial charge in [0.05, 0.1) is 0 Å². The van der Waals surface area contributed by atoms with E-state index in [4.69, 9.17) is 9.84 Å². The van der Waals surface area contributed by atoms with Crippen molar-refractivity contribution in [2.24, 2.45) is 0 Å². The molecule has 1 saturated heterocycles. The molecule has 2 aromatic carbocycles. The van der Waals surface area contributed by atoms with Gasteiger partial charge in [0.15, 0.2) is 0 Å². The fourth-order valence-corrected chi connectivity index (χ4v) is 3.94. The number of para-hydroxylation sites is 1. The summed E-state index contributed by atoms with van der Waals surface area (Å²) in [6.07, 6.45) is 1.84. The molecule has 0 aliphatic carbocycles. The van der Waals surface area contributed by atoms with Gasteiger partial charge in [-0.25, -0.2) is 4.79 Å². The Labute approximate surface area is 159 Å². The minimum Gasteiger partial charge on any atom is -0.488 e. The van der Waals surface area contributed by atoms with E-state index in [1.165, 1.54) is 22.3 Å². The van der Waals surface area contributed by atoms with Crippen molar-refractivity contribution in [3.8, 4) is 5.75 Å². The Bertz CT molecular complexity index is 869.